The maximum absolute atomic E-state index is 12.1. The van der Waals surface area contributed by atoms with Crippen LogP contribution in [0.4, 0.5) is 11.4 Å². The normalized spacial score (nSPS) is 11.9. The largest absolute Gasteiger partial charge is 0.493 e. The summed E-state index contributed by atoms with van der Waals surface area (Å²) in [6, 6.07) is 8.97. The van der Waals surface area contributed by atoms with E-state index < -0.39 is 26.5 Å². The Morgan fingerprint density at radius 1 is 1.19 bits per heavy atom. The van der Waals surface area contributed by atoms with Crippen molar-refractivity contribution in [2.24, 2.45) is 10.2 Å². The molecule has 27 heavy (non-hydrogen) atoms. The number of rotatable bonds is 4. The van der Waals surface area contributed by atoms with Crippen molar-refractivity contribution >= 4 is 38.0 Å². The number of benzene rings is 2. The zero-order chi connectivity index (χ0) is 19.8. The quantitative estimate of drug-likeness (QED) is 0.397. The van der Waals surface area contributed by atoms with Crippen LogP contribution >= 0.6 is 0 Å². The standard InChI is InChI=1S/C16H12N4O6S/c1-27(25,26)11-5-2-9(3-6-11)15(21)19-18-14-12-8-10(20(23)24)4-7-13(12)17-16(14)22/h2-8,17,22H,1H3. The van der Waals surface area contributed by atoms with E-state index in [0.717, 1.165) is 6.26 Å². The number of carbonyl (C=O) groups excluding carboxylic acids is 1. The van der Waals surface area contributed by atoms with Crippen LogP contribution in [0.25, 0.3) is 10.9 Å². The summed E-state index contributed by atoms with van der Waals surface area (Å²) in [6.07, 6.45) is 1.04. The van der Waals surface area contributed by atoms with Gasteiger partial charge in [-0.05, 0) is 30.3 Å². The summed E-state index contributed by atoms with van der Waals surface area (Å²) in [5.41, 5.74) is 0.156. The summed E-state index contributed by atoms with van der Waals surface area (Å²) in [7, 11) is -3.39. The van der Waals surface area contributed by atoms with Crippen LogP contribution in [0.15, 0.2) is 57.6 Å². The minimum atomic E-state index is -3.39. The molecule has 10 nitrogen and oxygen atoms in total. The Morgan fingerprint density at radius 2 is 1.85 bits per heavy atom. The van der Waals surface area contributed by atoms with Gasteiger partial charge in [0.25, 0.3) is 11.6 Å². The number of aromatic amines is 1. The van der Waals surface area contributed by atoms with Gasteiger partial charge in [-0.2, -0.15) is 0 Å². The molecule has 0 aliphatic rings. The zero-order valence-electron chi connectivity index (χ0n) is 13.8. The molecule has 11 heteroatoms. The number of nitrogens with zero attached hydrogens (tertiary/aromatic N) is 3. The van der Waals surface area contributed by atoms with Gasteiger partial charge in [0.2, 0.25) is 5.88 Å². The number of carbonyl (C=O) groups is 1. The molecule has 0 saturated carbocycles. The van der Waals surface area contributed by atoms with Gasteiger partial charge in [0.15, 0.2) is 15.5 Å². The lowest BCUT2D eigenvalue weighted by atomic mass is 10.2. The van der Waals surface area contributed by atoms with Gasteiger partial charge < -0.3 is 10.1 Å². The molecular formula is C16H12N4O6S. The topological polar surface area (TPSA) is 155 Å². The molecule has 2 aromatic carbocycles. The van der Waals surface area contributed by atoms with Crippen LogP contribution in [0.1, 0.15) is 10.4 Å². The van der Waals surface area contributed by atoms with E-state index in [1.165, 1.54) is 42.5 Å². The third-order valence-corrected chi connectivity index (χ3v) is 4.85. The number of nitro groups is 1. The lowest BCUT2D eigenvalue weighted by molar-refractivity contribution is -0.384. The van der Waals surface area contributed by atoms with Gasteiger partial charge in [-0.25, -0.2) is 8.42 Å². The number of aromatic hydroxyl groups is 1. The molecule has 1 heterocycles. The number of amides is 1. The van der Waals surface area contributed by atoms with E-state index in [1.807, 2.05) is 0 Å². The van der Waals surface area contributed by atoms with Gasteiger partial charge >= 0.3 is 0 Å². The number of fused-ring (bicyclic) bond motifs is 1. The SMILES string of the molecule is CS(=O)(=O)c1ccc(C(=O)N=Nc2c(O)[nH]c3ccc([N+](=O)[O-])cc23)cc1. The number of nitrogens with one attached hydrogen (secondary N) is 1. The van der Waals surface area contributed by atoms with E-state index in [1.54, 1.807) is 0 Å². The molecule has 0 aliphatic carbocycles. The van der Waals surface area contributed by atoms with Gasteiger partial charge in [-0.15, -0.1) is 10.2 Å². The first-order valence-electron chi connectivity index (χ1n) is 7.42. The molecule has 3 rings (SSSR count). The highest BCUT2D eigenvalue weighted by Gasteiger charge is 2.16. The number of azo groups is 1. The predicted octanol–water partition coefficient (Wildman–Crippen LogP) is 3.11. The van der Waals surface area contributed by atoms with E-state index in [-0.39, 0.29) is 27.2 Å². The molecule has 0 atom stereocenters. The van der Waals surface area contributed by atoms with Crippen LogP contribution in [-0.2, 0) is 9.84 Å². The number of sulfone groups is 1. The van der Waals surface area contributed by atoms with Crippen molar-refractivity contribution in [2.45, 2.75) is 4.90 Å². The molecule has 0 saturated heterocycles. The molecule has 0 aliphatic heterocycles. The van der Waals surface area contributed by atoms with Crippen molar-refractivity contribution in [3.63, 3.8) is 0 Å². The molecule has 3 aromatic rings. The lowest BCUT2D eigenvalue weighted by Gasteiger charge is -1.99. The summed E-state index contributed by atoms with van der Waals surface area (Å²) in [5, 5.41) is 28.2. The minimum Gasteiger partial charge on any atom is -0.493 e. The highest BCUT2D eigenvalue weighted by molar-refractivity contribution is 7.90. The molecule has 138 valence electrons. The smallest absolute Gasteiger partial charge is 0.295 e. The number of non-ortho nitro benzene ring substituents is 1. The van der Waals surface area contributed by atoms with Crippen molar-refractivity contribution < 1.29 is 23.2 Å². The summed E-state index contributed by atoms with van der Waals surface area (Å²) in [4.78, 5) is 25.0. The molecule has 1 amide bonds. The van der Waals surface area contributed by atoms with Crippen molar-refractivity contribution in [3.05, 3.63) is 58.1 Å². The van der Waals surface area contributed by atoms with E-state index in [2.05, 4.69) is 15.2 Å². The molecule has 0 fully saturated rings. The van der Waals surface area contributed by atoms with E-state index in [4.69, 9.17) is 0 Å². The second-order valence-corrected chi connectivity index (χ2v) is 7.63. The fourth-order valence-corrected chi connectivity index (χ4v) is 2.99. The van der Waals surface area contributed by atoms with Crippen LogP contribution in [0, 0.1) is 10.1 Å². The van der Waals surface area contributed by atoms with Crippen molar-refractivity contribution in [1.82, 2.24) is 4.98 Å². The Morgan fingerprint density at radius 3 is 2.44 bits per heavy atom. The highest BCUT2D eigenvalue weighted by Crippen LogP contribution is 2.37. The van der Waals surface area contributed by atoms with Crippen molar-refractivity contribution in [3.8, 4) is 5.88 Å². The number of nitro benzene ring substituents is 1. The number of hydrogen-bond donors (Lipinski definition) is 2. The van der Waals surface area contributed by atoms with Crippen molar-refractivity contribution in [1.29, 1.82) is 0 Å². The molecule has 0 bridgehead atoms. The fraction of sp³-hybridized carbons (Fsp3) is 0.0625. The molecular weight excluding hydrogens is 376 g/mol. The van der Waals surface area contributed by atoms with Gasteiger partial charge in [0.1, 0.15) is 0 Å². The molecule has 0 spiro atoms. The molecule has 2 N–H and O–H groups in total. The Bertz CT molecular complexity index is 1200. The monoisotopic (exact) mass is 388 g/mol. The first kappa shape index (κ1) is 18.2. The predicted molar refractivity (Wildman–Crippen MR) is 95.0 cm³/mol. The molecule has 0 radical (unpaired) electrons. The summed E-state index contributed by atoms with van der Waals surface area (Å²) in [6.45, 7) is 0. The van der Waals surface area contributed by atoms with Gasteiger partial charge in [0, 0.05) is 29.3 Å². The summed E-state index contributed by atoms with van der Waals surface area (Å²) in [5.74, 6) is -1.16. The highest BCUT2D eigenvalue weighted by atomic mass is 32.2. The maximum atomic E-state index is 12.1. The second kappa shape index (κ2) is 6.61. The molecule has 1 aromatic heterocycles. The first-order chi connectivity index (χ1) is 12.7. The van der Waals surface area contributed by atoms with Crippen LogP contribution < -0.4 is 0 Å². The van der Waals surface area contributed by atoms with Crippen LogP contribution in [-0.4, -0.2) is 35.6 Å². The minimum absolute atomic E-state index is 0.0533. The maximum Gasteiger partial charge on any atom is 0.295 e. The molecule has 0 unspecified atom stereocenters. The third-order valence-electron chi connectivity index (χ3n) is 3.72. The third kappa shape index (κ3) is 3.67. The van der Waals surface area contributed by atoms with Gasteiger partial charge in [-0.3, -0.25) is 14.9 Å². The average Bonchev–Trinajstić information content (AvgIpc) is 2.93. The van der Waals surface area contributed by atoms with Crippen LogP contribution in [0.2, 0.25) is 0 Å². The Labute approximate surface area is 152 Å². The Hall–Kier alpha value is -3.60. The second-order valence-electron chi connectivity index (χ2n) is 5.61. The van der Waals surface area contributed by atoms with E-state index in [9.17, 15) is 28.4 Å². The first-order valence-corrected chi connectivity index (χ1v) is 9.31. The van der Waals surface area contributed by atoms with E-state index in [0.29, 0.717) is 5.52 Å². The van der Waals surface area contributed by atoms with E-state index >= 15 is 0 Å². The number of H-pyrrole nitrogens is 1. The Kier molecular flexibility index (Phi) is 4.45. The average molecular weight is 388 g/mol. The lowest BCUT2D eigenvalue weighted by Crippen LogP contribution is -1.99. The van der Waals surface area contributed by atoms with Crippen LogP contribution in [0.3, 0.4) is 0 Å². The zero-order valence-corrected chi connectivity index (χ0v) is 14.6. The van der Waals surface area contributed by atoms with Gasteiger partial charge in [0.05, 0.1) is 15.3 Å². The van der Waals surface area contributed by atoms with Gasteiger partial charge in [-0.1, -0.05) is 0 Å². The number of hydrogen-bond acceptors (Lipinski definition) is 7. The Balaban J connectivity index is 1.93. The fourth-order valence-electron chi connectivity index (χ4n) is 2.36. The van der Waals surface area contributed by atoms with Crippen molar-refractivity contribution in [2.75, 3.05) is 6.26 Å². The summed E-state index contributed by atoms with van der Waals surface area (Å²) < 4.78 is 22.9. The van der Waals surface area contributed by atoms with Crippen LogP contribution in [0.5, 0.6) is 5.88 Å². The summed E-state index contributed by atoms with van der Waals surface area (Å²) >= 11 is 0. The number of aromatic nitrogens is 1.